The maximum atomic E-state index is 5.56. The minimum Gasteiger partial charge on any atom is -0.380 e. The van der Waals surface area contributed by atoms with E-state index in [0.717, 1.165) is 16.8 Å². The molecule has 1 aromatic heterocycles. The summed E-state index contributed by atoms with van der Waals surface area (Å²) >= 11 is 0. The number of hydrogen-bond acceptors (Lipinski definition) is 3. The van der Waals surface area contributed by atoms with Crippen LogP contribution >= 0.6 is 0 Å². The molecular weight excluding hydrogens is 164 g/mol. The van der Waals surface area contributed by atoms with E-state index in [2.05, 4.69) is 4.98 Å². The van der Waals surface area contributed by atoms with Gasteiger partial charge in [0, 0.05) is 19.9 Å². The van der Waals surface area contributed by atoms with Crippen molar-refractivity contribution in [3.8, 4) is 0 Å². The average molecular weight is 180 g/mol. The normalized spacial score (nSPS) is 10.5. The molecule has 72 valence electrons. The summed E-state index contributed by atoms with van der Waals surface area (Å²) in [5.41, 5.74) is 10.0. The highest BCUT2D eigenvalue weighted by Gasteiger charge is 2.06. The van der Waals surface area contributed by atoms with Crippen molar-refractivity contribution in [1.82, 2.24) is 4.98 Å². The van der Waals surface area contributed by atoms with E-state index in [1.54, 1.807) is 7.11 Å². The molecule has 0 spiro atoms. The van der Waals surface area contributed by atoms with E-state index in [1.165, 1.54) is 5.56 Å². The van der Waals surface area contributed by atoms with Crippen molar-refractivity contribution in [2.75, 3.05) is 7.11 Å². The summed E-state index contributed by atoms with van der Waals surface area (Å²) < 4.78 is 5.12. The van der Waals surface area contributed by atoms with E-state index in [4.69, 9.17) is 10.5 Å². The summed E-state index contributed by atoms with van der Waals surface area (Å²) in [6, 6.07) is 0. The first-order valence-corrected chi connectivity index (χ1v) is 4.33. The Morgan fingerprint density at radius 3 is 2.69 bits per heavy atom. The van der Waals surface area contributed by atoms with Crippen LogP contribution in [0.2, 0.25) is 0 Å². The molecule has 13 heavy (non-hydrogen) atoms. The molecule has 0 unspecified atom stereocenters. The van der Waals surface area contributed by atoms with Gasteiger partial charge in [0.25, 0.3) is 0 Å². The second-order valence-corrected chi connectivity index (χ2v) is 3.13. The van der Waals surface area contributed by atoms with Crippen molar-refractivity contribution in [3.63, 3.8) is 0 Å². The summed E-state index contributed by atoms with van der Waals surface area (Å²) in [5.74, 6) is 0. The van der Waals surface area contributed by atoms with Crippen LogP contribution in [0, 0.1) is 13.8 Å². The number of ether oxygens (including phenoxy) is 1. The molecule has 0 aliphatic rings. The molecule has 0 aliphatic heterocycles. The molecule has 0 fully saturated rings. The number of aromatic nitrogens is 1. The predicted octanol–water partition coefficient (Wildman–Crippen LogP) is 1.30. The molecule has 0 saturated carbocycles. The highest BCUT2D eigenvalue weighted by molar-refractivity contribution is 5.34. The molecule has 3 heteroatoms. The number of hydrogen-bond donors (Lipinski definition) is 1. The Bertz CT molecular complexity index is 297. The van der Waals surface area contributed by atoms with Crippen LogP contribution in [-0.4, -0.2) is 12.1 Å². The van der Waals surface area contributed by atoms with Crippen LogP contribution < -0.4 is 5.73 Å². The Labute approximate surface area is 78.9 Å². The highest BCUT2D eigenvalue weighted by atomic mass is 16.5. The number of nitrogens with zero attached hydrogens (tertiary/aromatic N) is 1. The van der Waals surface area contributed by atoms with Crippen LogP contribution in [0.15, 0.2) is 6.20 Å². The van der Waals surface area contributed by atoms with Crippen molar-refractivity contribution < 1.29 is 4.74 Å². The molecule has 1 aromatic rings. The number of pyridine rings is 1. The number of nitrogens with two attached hydrogens (primary N) is 1. The first-order valence-electron chi connectivity index (χ1n) is 4.33. The molecule has 0 bridgehead atoms. The maximum absolute atomic E-state index is 5.56. The molecule has 3 nitrogen and oxygen atoms in total. The largest absolute Gasteiger partial charge is 0.380 e. The zero-order valence-electron chi connectivity index (χ0n) is 8.42. The third-order valence-corrected chi connectivity index (χ3v) is 2.26. The second kappa shape index (κ2) is 4.35. The minimum atomic E-state index is 0.489. The zero-order chi connectivity index (χ0) is 9.84. The van der Waals surface area contributed by atoms with Crippen LogP contribution in [0.25, 0.3) is 0 Å². The Morgan fingerprint density at radius 1 is 1.46 bits per heavy atom. The lowest BCUT2D eigenvalue weighted by Gasteiger charge is -2.11. The van der Waals surface area contributed by atoms with Gasteiger partial charge in [-0.3, -0.25) is 4.98 Å². The van der Waals surface area contributed by atoms with E-state index in [1.807, 2.05) is 20.0 Å². The van der Waals surface area contributed by atoms with Crippen molar-refractivity contribution in [2.24, 2.45) is 5.73 Å². The summed E-state index contributed by atoms with van der Waals surface area (Å²) in [7, 11) is 1.70. The number of methoxy groups -OCH3 is 1. The van der Waals surface area contributed by atoms with E-state index >= 15 is 0 Å². The van der Waals surface area contributed by atoms with E-state index < -0.39 is 0 Å². The van der Waals surface area contributed by atoms with E-state index in [9.17, 15) is 0 Å². The van der Waals surface area contributed by atoms with E-state index in [0.29, 0.717) is 13.2 Å². The van der Waals surface area contributed by atoms with Crippen molar-refractivity contribution >= 4 is 0 Å². The maximum Gasteiger partial charge on any atom is 0.0719 e. The van der Waals surface area contributed by atoms with Gasteiger partial charge >= 0.3 is 0 Å². The van der Waals surface area contributed by atoms with Gasteiger partial charge in [-0.15, -0.1) is 0 Å². The van der Waals surface area contributed by atoms with Crippen LogP contribution in [0.1, 0.15) is 22.4 Å². The molecular formula is C10H16N2O. The van der Waals surface area contributed by atoms with E-state index in [-0.39, 0.29) is 0 Å². The lowest BCUT2D eigenvalue weighted by atomic mass is 10.0. The van der Waals surface area contributed by atoms with Crippen LogP contribution in [-0.2, 0) is 17.9 Å². The summed E-state index contributed by atoms with van der Waals surface area (Å²) in [6.07, 6.45) is 1.85. The van der Waals surface area contributed by atoms with Gasteiger partial charge in [-0.2, -0.15) is 0 Å². The molecule has 0 amide bonds. The molecule has 0 radical (unpaired) electrons. The van der Waals surface area contributed by atoms with Gasteiger partial charge in [-0.05, 0) is 30.5 Å². The Balaban J connectivity index is 3.13. The summed E-state index contributed by atoms with van der Waals surface area (Å²) in [4.78, 5) is 4.26. The predicted molar refractivity (Wildman–Crippen MR) is 52.3 cm³/mol. The fourth-order valence-electron chi connectivity index (χ4n) is 1.39. The number of aryl methyl sites for hydroxylation is 1. The van der Waals surface area contributed by atoms with Crippen LogP contribution in [0.4, 0.5) is 0 Å². The summed E-state index contributed by atoms with van der Waals surface area (Å²) in [6.45, 7) is 5.20. The molecule has 0 aliphatic carbocycles. The molecule has 0 atom stereocenters. The van der Waals surface area contributed by atoms with Crippen LogP contribution in [0.3, 0.4) is 0 Å². The molecule has 1 heterocycles. The fraction of sp³-hybridized carbons (Fsp3) is 0.500. The van der Waals surface area contributed by atoms with Gasteiger partial charge in [0.15, 0.2) is 0 Å². The summed E-state index contributed by atoms with van der Waals surface area (Å²) in [5, 5.41) is 0. The topological polar surface area (TPSA) is 48.1 Å². The monoisotopic (exact) mass is 180 g/mol. The SMILES string of the molecule is COCc1c(C)cnc(CN)c1C. The third-order valence-electron chi connectivity index (χ3n) is 2.26. The van der Waals surface area contributed by atoms with Gasteiger partial charge in [0.05, 0.1) is 12.3 Å². The van der Waals surface area contributed by atoms with Gasteiger partial charge in [0.1, 0.15) is 0 Å². The van der Waals surface area contributed by atoms with Gasteiger partial charge < -0.3 is 10.5 Å². The number of rotatable bonds is 3. The Morgan fingerprint density at radius 2 is 2.15 bits per heavy atom. The molecule has 0 saturated heterocycles. The standard InChI is InChI=1S/C10H16N2O/c1-7-5-12-10(4-11)8(2)9(7)6-13-3/h5H,4,6,11H2,1-3H3. The van der Waals surface area contributed by atoms with Crippen molar-refractivity contribution in [1.29, 1.82) is 0 Å². The molecule has 1 rings (SSSR count). The second-order valence-electron chi connectivity index (χ2n) is 3.13. The Hall–Kier alpha value is -0.930. The quantitative estimate of drug-likeness (QED) is 0.762. The smallest absolute Gasteiger partial charge is 0.0719 e. The van der Waals surface area contributed by atoms with Crippen molar-refractivity contribution in [2.45, 2.75) is 27.0 Å². The van der Waals surface area contributed by atoms with Crippen molar-refractivity contribution in [3.05, 3.63) is 28.6 Å². The average Bonchev–Trinajstić information content (AvgIpc) is 2.12. The third kappa shape index (κ3) is 2.05. The zero-order valence-corrected chi connectivity index (χ0v) is 8.42. The highest BCUT2D eigenvalue weighted by Crippen LogP contribution is 2.16. The van der Waals surface area contributed by atoms with Crippen LogP contribution in [0.5, 0.6) is 0 Å². The van der Waals surface area contributed by atoms with Gasteiger partial charge in [-0.1, -0.05) is 0 Å². The first-order chi connectivity index (χ1) is 6.20. The van der Waals surface area contributed by atoms with Gasteiger partial charge in [0.2, 0.25) is 0 Å². The fourth-order valence-corrected chi connectivity index (χ4v) is 1.39. The Kier molecular flexibility index (Phi) is 3.39. The first kappa shape index (κ1) is 10.2. The minimum absolute atomic E-state index is 0.489. The molecule has 0 aromatic carbocycles. The lowest BCUT2D eigenvalue weighted by Crippen LogP contribution is -2.07. The van der Waals surface area contributed by atoms with Gasteiger partial charge in [-0.25, -0.2) is 0 Å². The molecule has 2 N–H and O–H groups in total. The lowest BCUT2D eigenvalue weighted by molar-refractivity contribution is 0.183.